The molecule has 1 atom stereocenters. The van der Waals surface area contributed by atoms with Crippen LogP contribution >= 0.6 is 11.8 Å². The summed E-state index contributed by atoms with van der Waals surface area (Å²) in [5.74, 6) is 1.46. The third-order valence-corrected chi connectivity index (χ3v) is 3.41. The number of furan rings is 1. The maximum absolute atomic E-state index is 11.3. The van der Waals surface area contributed by atoms with Crippen LogP contribution in [0.15, 0.2) is 16.7 Å². The van der Waals surface area contributed by atoms with Gasteiger partial charge >= 0.3 is 5.97 Å². The van der Waals surface area contributed by atoms with Gasteiger partial charge in [-0.1, -0.05) is 6.92 Å². The second-order valence-electron chi connectivity index (χ2n) is 3.45. The third kappa shape index (κ3) is 3.57. The van der Waals surface area contributed by atoms with Gasteiger partial charge in [-0.05, 0) is 12.5 Å². The first-order valence-corrected chi connectivity index (χ1v) is 6.32. The number of carbonyl (C=O) groups excluding carboxylic acids is 1. The number of esters is 1. The maximum atomic E-state index is 11.3. The molecule has 2 N–H and O–H groups in total. The lowest BCUT2D eigenvalue weighted by atomic mass is 10.3. The fourth-order valence-electron chi connectivity index (χ4n) is 1.16. The molecule has 0 aromatic carbocycles. The SMILES string of the molecule is CCC(N)CSCc1ccoc1C(=O)OC. The normalized spacial score (nSPS) is 12.4. The van der Waals surface area contributed by atoms with Crippen LogP contribution in [0.1, 0.15) is 29.5 Å². The minimum Gasteiger partial charge on any atom is -0.463 e. The molecule has 0 aliphatic carbocycles. The van der Waals surface area contributed by atoms with Crippen LogP contribution in [0.25, 0.3) is 0 Å². The summed E-state index contributed by atoms with van der Waals surface area (Å²) in [6.07, 6.45) is 2.46. The third-order valence-electron chi connectivity index (χ3n) is 2.23. The van der Waals surface area contributed by atoms with Gasteiger partial charge in [-0.15, -0.1) is 0 Å². The molecule has 4 nitrogen and oxygen atoms in total. The molecule has 0 fully saturated rings. The first kappa shape index (κ1) is 13.1. The second kappa shape index (κ2) is 6.60. The van der Waals surface area contributed by atoms with Gasteiger partial charge in [0.1, 0.15) is 0 Å². The number of carbonyl (C=O) groups is 1. The number of thioether (sulfide) groups is 1. The summed E-state index contributed by atoms with van der Waals surface area (Å²) in [5.41, 5.74) is 6.66. The predicted molar refractivity (Wildman–Crippen MR) is 64.5 cm³/mol. The molecular weight excluding hydrogens is 226 g/mol. The van der Waals surface area contributed by atoms with Crippen LogP contribution in [-0.2, 0) is 10.5 Å². The smallest absolute Gasteiger partial charge is 0.374 e. The fraction of sp³-hybridized carbons (Fsp3) is 0.545. The van der Waals surface area contributed by atoms with Crippen molar-refractivity contribution in [2.75, 3.05) is 12.9 Å². The van der Waals surface area contributed by atoms with Crippen molar-refractivity contribution < 1.29 is 13.9 Å². The highest BCUT2D eigenvalue weighted by Crippen LogP contribution is 2.19. The van der Waals surface area contributed by atoms with Gasteiger partial charge in [0.2, 0.25) is 5.76 Å². The van der Waals surface area contributed by atoms with E-state index in [1.807, 2.05) is 0 Å². The molecule has 1 aromatic rings. The Balaban J connectivity index is 2.48. The zero-order valence-electron chi connectivity index (χ0n) is 9.56. The molecule has 1 aromatic heterocycles. The van der Waals surface area contributed by atoms with Gasteiger partial charge in [0.25, 0.3) is 0 Å². The summed E-state index contributed by atoms with van der Waals surface area (Å²) in [6.45, 7) is 2.06. The molecule has 16 heavy (non-hydrogen) atoms. The van der Waals surface area contributed by atoms with Crippen molar-refractivity contribution in [3.05, 3.63) is 23.7 Å². The molecule has 0 aliphatic heterocycles. The van der Waals surface area contributed by atoms with Crippen LogP contribution in [0.2, 0.25) is 0 Å². The molecule has 0 saturated carbocycles. The van der Waals surface area contributed by atoms with Gasteiger partial charge in [0.05, 0.1) is 13.4 Å². The Morgan fingerprint density at radius 3 is 3.06 bits per heavy atom. The highest BCUT2D eigenvalue weighted by molar-refractivity contribution is 7.98. The molecule has 0 spiro atoms. The maximum Gasteiger partial charge on any atom is 0.374 e. The van der Waals surface area contributed by atoms with E-state index in [2.05, 4.69) is 11.7 Å². The zero-order chi connectivity index (χ0) is 12.0. The van der Waals surface area contributed by atoms with E-state index in [1.54, 1.807) is 17.8 Å². The summed E-state index contributed by atoms with van der Waals surface area (Å²) >= 11 is 1.69. The minimum atomic E-state index is -0.430. The van der Waals surface area contributed by atoms with Crippen LogP contribution in [0.4, 0.5) is 0 Å². The van der Waals surface area contributed by atoms with Crippen molar-refractivity contribution in [1.29, 1.82) is 0 Å². The number of rotatable bonds is 6. The Labute approximate surface area is 99.5 Å². The lowest BCUT2D eigenvalue weighted by molar-refractivity contribution is 0.0564. The standard InChI is InChI=1S/C11H17NO3S/c1-3-9(12)7-16-6-8-4-5-15-10(8)11(13)14-2/h4-5,9H,3,6-7,12H2,1-2H3. The molecule has 0 bridgehead atoms. The quantitative estimate of drug-likeness (QED) is 0.774. The number of methoxy groups -OCH3 is 1. The van der Waals surface area contributed by atoms with Crippen LogP contribution < -0.4 is 5.73 Å². The molecule has 0 aliphatic rings. The van der Waals surface area contributed by atoms with E-state index in [9.17, 15) is 4.79 Å². The van der Waals surface area contributed by atoms with Crippen LogP contribution in [-0.4, -0.2) is 24.9 Å². The first-order valence-electron chi connectivity index (χ1n) is 5.17. The van der Waals surface area contributed by atoms with E-state index in [0.717, 1.165) is 17.7 Å². The van der Waals surface area contributed by atoms with Crippen molar-refractivity contribution in [2.24, 2.45) is 5.73 Å². The number of nitrogens with two attached hydrogens (primary N) is 1. The molecule has 0 radical (unpaired) electrons. The average molecular weight is 243 g/mol. The monoisotopic (exact) mass is 243 g/mol. The van der Waals surface area contributed by atoms with Gasteiger partial charge in [-0.2, -0.15) is 11.8 Å². The van der Waals surface area contributed by atoms with E-state index in [4.69, 9.17) is 10.2 Å². The van der Waals surface area contributed by atoms with E-state index in [0.29, 0.717) is 11.5 Å². The minimum absolute atomic E-state index is 0.207. The van der Waals surface area contributed by atoms with Crippen molar-refractivity contribution in [2.45, 2.75) is 25.1 Å². The molecule has 0 saturated heterocycles. The van der Waals surface area contributed by atoms with Crippen molar-refractivity contribution >= 4 is 17.7 Å². The fourth-order valence-corrected chi connectivity index (χ4v) is 2.26. The zero-order valence-corrected chi connectivity index (χ0v) is 10.4. The van der Waals surface area contributed by atoms with Crippen LogP contribution in [0.5, 0.6) is 0 Å². The second-order valence-corrected chi connectivity index (χ2v) is 4.48. The summed E-state index contributed by atoms with van der Waals surface area (Å²) in [5, 5.41) is 0. The Morgan fingerprint density at radius 1 is 1.69 bits per heavy atom. The Kier molecular flexibility index (Phi) is 5.42. The van der Waals surface area contributed by atoms with Crippen molar-refractivity contribution in [1.82, 2.24) is 0 Å². The molecule has 1 unspecified atom stereocenters. The Morgan fingerprint density at radius 2 is 2.44 bits per heavy atom. The number of hydrogen-bond acceptors (Lipinski definition) is 5. The number of hydrogen-bond donors (Lipinski definition) is 1. The summed E-state index contributed by atoms with van der Waals surface area (Å²) in [4.78, 5) is 11.3. The van der Waals surface area contributed by atoms with Gasteiger partial charge in [-0.25, -0.2) is 4.79 Å². The highest BCUT2D eigenvalue weighted by Gasteiger charge is 2.15. The molecule has 90 valence electrons. The van der Waals surface area contributed by atoms with Crippen LogP contribution in [0.3, 0.4) is 0 Å². The van der Waals surface area contributed by atoms with Crippen LogP contribution in [0, 0.1) is 0 Å². The van der Waals surface area contributed by atoms with Gasteiger partial charge in [-0.3, -0.25) is 0 Å². The molecule has 1 rings (SSSR count). The van der Waals surface area contributed by atoms with E-state index in [-0.39, 0.29) is 6.04 Å². The highest BCUT2D eigenvalue weighted by atomic mass is 32.2. The van der Waals surface area contributed by atoms with Crippen molar-refractivity contribution in [3.63, 3.8) is 0 Å². The van der Waals surface area contributed by atoms with Gasteiger partial charge in [0.15, 0.2) is 0 Å². The summed E-state index contributed by atoms with van der Waals surface area (Å²) in [7, 11) is 1.34. The lowest BCUT2D eigenvalue weighted by Crippen LogP contribution is -2.21. The molecule has 0 amide bonds. The summed E-state index contributed by atoms with van der Waals surface area (Å²) in [6, 6.07) is 2.00. The lowest BCUT2D eigenvalue weighted by Gasteiger charge is -2.07. The van der Waals surface area contributed by atoms with E-state index in [1.165, 1.54) is 13.4 Å². The predicted octanol–water partition coefficient (Wildman–Crippen LogP) is 2.04. The molecular formula is C11H17NO3S. The molecule has 1 heterocycles. The van der Waals surface area contributed by atoms with Gasteiger partial charge in [0, 0.05) is 23.1 Å². The summed E-state index contributed by atoms with van der Waals surface area (Å²) < 4.78 is 9.70. The van der Waals surface area contributed by atoms with E-state index < -0.39 is 5.97 Å². The van der Waals surface area contributed by atoms with Crippen molar-refractivity contribution in [3.8, 4) is 0 Å². The largest absolute Gasteiger partial charge is 0.463 e. The molecule has 5 heteroatoms. The number of ether oxygens (including phenoxy) is 1. The topological polar surface area (TPSA) is 65.5 Å². The van der Waals surface area contributed by atoms with Gasteiger partial charge < -0.3 is 14.9 Å². The van der Waals surface area contributed by atoms with E-state index >= 15 is 0 Å². The average Bonchev–Trinajstić information content (AvgIpc) is 2.76. The Bertz CT molecular complexity index is 338. The first-order chi connectivity index (χ1) is 7.69. The Hall–Kier alpha value is -0.940.